The molecular formula is C19H16N4O3S. The molecule has 136 valence electrons. The zero-order valence-electron chi connectivity index (χ0n) is 14.9. The highest BCUT2D eigenvalue weighted by Gasteiger charge is 2.14. The largest absolute Gasteiger partial charge is 0.504 e. The van der Waals surface area contributed by atoms with Gasteiger partial charge in [-0.25, -0.2) is 9.97 Å². The maximum atomic E-state index is 12.8. The Labute approximate surface area is 158 Å². The second-order valence-electron chi connectivity index (χ2n) is 6.11. The maximum Gasteiger partial charge on any atom is 0.291 e. The third-order valence-corrected chi connectivity index (χ3v) is 5.26. The molecule has 3 heterocycles. The number of pyridine rings is 1. The number of ether oxygens (including phenoxy) is 1. The van der Waals surface area contributed by atoms with Crippen LogP contribution in [0.25, 0.3) is 20.4 Å². The summed E-state index contributed by atoms with van der Waals surface area (Å²) in [5.74, 6) is 0.375. The summed E-state index contributed by atoms with van der Waals surface area (Å²) in [6.45, 7) is 3.92. The number of rotatable bonds is 3. The van der Waals surface area contributed by atoms with Gasteiger partial charge in [0, 0.05) is 11.1 Å². The van der Waals surface area contributed by atoms with Crippen LogP contribution in [0.15, 0.2) is 40.5 Å². The number of benzene rings is 1. The van der Waals surface area contributed by atoms with Crippen LogP contribution < -0.4 is 10.3 Å². The van der Waals surface area contributed by atoms with E-state index in [1.165, 1.54) is 41.7 Å². The van der Waals surface area contributed by atoms with Crippen LogP contribution in [-0.4, -0.2) is 33.1 Å². The van der Waals surface area contributed by atoms with Crippen LogP contribution in [-0.2, 0) is 0 Å². The van der Waals surface area contributed by atoms with Crippen molar-refractivity contribution in [3.05, 3.63) is 57.8 Å². The molecule has 1 N–H and O–H groups in total. The summed E-state index contributed by atoms with van der Waals surface area (Å²) in [6.07, 6.45) is 2.92. The second-order valence-corrected chi connectivity index (χ2v) is 7.11. The van der Waals surface area contributed by atoms with E-state index in [-0.39, 0.29) is 11.3 Å². The highest BCUT2D eigenvalue weighted by molar-refractivity contribution is 7.25. The van der Waals surface area contributed by atoms with Gasteiger partial charge < -0.3 is 9.84 Å². The third kappa shape index (κ3) is 2.93. The van der Waals surface area contributed by atoms with Crippen molar-refractivity contribution >= 4 is 38.0 Å². The van der Waals surface area contributed by atoms with Crippen molar-refractivity contribution in [2.45, 2.75) is 13.8 Å². The van der Waals surface area contributed by atoms with Gasteiger partial charge in [-0.05, 0) is 49.2 Å². The Morgan fingerprint density at radius 1 is 1.30 bits per heavy atom. The van der Waals surface area contributed by atoms with Crippen molar-refractivity contribution < 1.29 is 9.84 Å². The number of hydrogen-bond donors (Lipinski definition) is 1. The fourth-order valence-corrected chi connectivity index (χ4v) is 4.12. The zero-order chi connectivity index (χ0) is 19.1. The molecule has 27 heavy (non-hydrogen) atoms. The van der Waals surface area contributed by atoms with Crippen LogP contribution in [0.4, 0.5) is 0 Å². The molecule has 1 aromatic carbocycles. The molecule has 0 atom stereocenters. The fraction of sp³-hybridized carbons (Fsp3) is 0.158. The number of phenols is 1. The van der Waals surface area contributed by atoms with Crippen LogP contribution in [0.3, 0.4) is 0 Å². The summed E-state index contributed by atoms with van der Waals surface area (Å²) in [7, 11) is 1.47. The molecule has 8 heteroatoms. The molecule has 4 aromatic rings. The number of aryl methyl sites for hydroxylation is 2. The van der Waals surface area contributed by atoms with Crippen molar-refractivity contribution in [3.63, 3.8) is 0 Å². The summed E-state index contributed by atoms with van der Waals surface area (Å²) >= 11 is 1.33. The minimum atomic E-state index is -0.248. The van der Waals surface area contributed by atoms with Crippen molar-refractivity contribution in [3.8, 4) is 11.5 Å². The Kier molecular flexibility index (Phi) is 4.12. The first-order chi connectivity index (χ1) is 13.0. The van der Waals surface area contributed by atoms with Crippen molar-refractivity contribution in [2.75, 3.05) is 7.11 Å². The normalized spacial score (nSPS) is 11.7. The number of thiophene rings is 1. The molecule has 0 saturated heterocycles. The van der Waals surface area contributed by atoms with E-state index >= 15 is 0 Å². The molecular weight excluding hydrogens is 364 g/mol. The zero-order valence-corrected chi connectivity index (χ0v) is 15.7. The molecule has 0 bridgehead atoms. The molecule has 0 aliphatic rings. The molecule has 7 nitrogen and oxygen atoms in total. The SMILES string of the molecule is COc1cc(/C=N\n2cnc3c(sc4nc(C)cc(C)c43)c2=O)ccc1O. The summed E-state index contributed by atoms with van der Waals surface area (Å²) < 4.78 is 6.79. The predicted molar refractivity (Wildman–Crippen MR) is 106 cm³/mol. The average Bonchev–Trinajstić information content (AvgIpc) is 3.01. The van der Waals surface area contributed by atoms with Gasteiger partial charge in [-0.2, -0.15) is 9.78 Å². The first kappa shape index (κ1) is 17.2. The fourth-order valence-electron chi connectivity index (χ4n) is 2.95. The number of aromatic nitrogens is 3. The Hall–Kier alpha value is -3.26. The van der Waals surface area contributed by atoms with Gasteiger partial charge in [-0.15, -0.1) is 11.3 Å². The van der Waals surface area contributed by atoms with E-state index in [1.807, 2.05) is 19.9 Å². The van der Waals surface area contributed by atoms with Crippen molar-refractivity contribution in [2.24, 2.45) is 5.10 Å². The summed E-state index contributed by atoms with van der Waals surface area (Å²) in [4.78, 5) is 22.6. The lowest BCUT2D eigenvalue weighted by molar-refractivity contribution is 0.373. The molecule has 0 aliphatic carbocycles. The number of nitrogens with zero attached hydrogens (tertiary/aromatic N) is 4. The van der Waals surface area contributed by atoms with Crippen LogP contribution in [0.5, 0.6) is 11.5 Å². The minimum absolute atomic E-state index is 0.0401. The monoisotopic (exact) mass is 380 g/mol. The van der Waals surface area contributed by atoms with Gasteiger partial charge in [0.25, 0.3) is 5.56 Å². The molecule has 3 aromatic heterocycles. The first-order valence-corrected chi connectivity index (χ1v) is 8.99. The molecule has 0 radical (unpaired) electrons. The minimum Gasteiger partial charge on any atom is -0.504 e. The van der Waals surface area contributed by atoms with Crippen LogP contribution in [0.2, 0.25) is 0 Å². The molecule has 0 unspecified atom stereocenters. The third-order valence-electron chi connectivity index (χ3n) is 4.20. The maximum absolute atomic E-state index is 12.8. The van der Waals surface area contributed by atoms with Gasteiger partial charge in [0.05, 0.1) is 18.8 Å². The molecule has 4 rings (SSSR count). The number of phenolic OH excluding ortho intramolecular Hbond substituents is 1. The summed E-state index contributed by atoms with van der Waals surface area (Å²) in [6, 6.07) is 6.80. The molecule has 0 amide bonds. The quantitative estimate of drug-likeness (QED) is 0.551. The van der Waals surface area contributed by atoms with E-state index in [4.69, 9.17) is 4.74 Å². The lowest BCUT2D eigenvalue weighted by Crippen LogP contribution is -2.15. The molecule has 0 aliphatic heterocycles. The lowest BCUT2D eigenvalue weighted by atomic mass is 10.1. The molecule has 0 saturated carbocycles. The van der Waals surface area contributed by atoms with Crippen molar-refractivity contribution in [1.82, 2.24) is 14.6 Å². The molecule has 0 spiro atoms. The van der Waals surface area contributed by atoms with Crippen LogP contribution >= 0.6 is 11.3 Å². The Morgan fingerprint density at radius 3 is 2.89 bits per heavy atom. The standard InChI is InChI=1S/C19H16N4O3S/c1-10-6-11(2)22-18-15(10)16-17(27-18)19(25)23(9-20-16)21-8-12-4-5-13(24)14(7-12)26-3/h4-9,24H,1-3H3/b21-8-. The second kappa shape index (κ2) is 6.48. The highest BCUT2D eigenvalue weighted by atomic mass is 32.1. The lowest BCUT2D eigenvalue weighted by Gasteiger charge is -2.03. The summed E-state index contributed by atoms with van der Waals surface area (Å²) in [5, 5.41) is 14.8. The Balaban J connectivity index is 1.81. The number of fused-ring (bicyclic) bond motifs is 3. The predicted octanol–water partition coefficient (Wildman–Crippen LogP) is 3.22. The van der Waals surface area contributed by atoms with Crippen LogP contribution in [0, 0.1) is 13.8 Å². The molecule has 0 fully saturated rings. The van der Waals surface area contributed by atoms with Crippen molar-refractivity contribution in [1.29, 1.82) is 0 Å². The van der Waals surface area contributed by atoms with E-state index in [0.29, 0.717) is 21.5 Å². The Morgan fingerprint density at radius 2 is 2.11 bits per heavy atom. The van der Waals surface area contributed by atoms with Gasteiger partial charge in [-0.3, -0.25) is 4.79 Å². The number of aromatic hydroxyl groups is 1. The first-order valence-electron chi connectivity index (χ1n) is 8.17. The topological polar surface area (TPSA) is 89.6 Å². The van der Waals surface area contributed by atoms with E-state index in [9.17, 15) is 9.90 Å². The van der Waals surface area contributed by atoms with Gasteiger partial charge >= 0.3 is 0 Å². The average molecular weight is 380 g/mol. The number of hydrogen-bond acceptors (Lipinski definition) is 7. The highest BCUT2D eigenvalue weighted by Crippen LogP contribution is 2.31. The van der Waals surface area contributed by atoms with Gasteiger partial charge in [0.15, 0.2) is 11.5 Å². The summed E-state index contributed by atoms with van der Waals surface area (Å²) in [5.41, 5.74) is 3.05. The van der Waals surface area contributed by atoms with Gasteiger partial charge in [0.1, 0.15) is 15.9 Å². The smallest absolute Gasteiger partial charge is 0.291 e. The van der Waals surface area contributed by atoms with E-state index in [0.717, 1.165) is 21.5 Å². The van der Waals surface area contributed by atoms with E-state index in [2.05, 4.69) is 15.1 Å². The van der Waals surface area contributed by atoms with E-state index in [1.54, 1.807) is 12.1 Å². The van der Waals surface area contributed by atoms with Gasteiger partial charge in [-0.1, -0.05) is 0 Å². The van der Waals surface area contributed by atoms with E-state index < -0.39 is 0 Å². The Bertz CT molecular complexity index is 1270. The van der Waals surface area contributed by atoms with Gasteiger partial charge in [0.2, 0.25) is 0 Å². The van der Waals surface area contributed by atoms with Crippen LogP contribution in [0.1, 0.15) is 16.8 Å². The number of methoxy groups -OCH3 is 1.